The molecule has 3 nitrogen and oxygen atoms in total. The van der Waals surface area contributed by atoms with Gasteiger partial charge in [-0.2, -0.15) is 0 Å². The van der Waals surface area contributed by atoms with Gasteiger partial charge in [-0.3, -0.25) is 0 Å². The number of furan rings is 1. The molecule has 10 aromatic carbocycles. The second kappa shape index (κ2) is 13.8. The first kappa shape index (κ1) is 34.9. The van der Waals surface area contributed by atoms with Crippen molar-refractivity contribution in [1.29, 1.82) is 0 Å². The second-order valence-corrected chi connectivity index (χ2v) is 17.1. The third-order valence-electron chi connectivity index (χ3n) is 12.5. The largest absolute Gasteiger partial charge is 0.455 e. The Bertz CT molecular complexity index is 3890. The Morgan fingerprint density at radius 2 is 1.08 bits per heavy atom. The van der Waals surface area contributed by atoms with Crippen molar-refractivity contribution in [2.75, 3.05) is 4.90 Å². The highest BCUT2D eigenvalue weighted by atomic mass is 32.1. The molecule has 0 aliphatic carbocycles. The smallest absolute Gasteiger partial charge is 0.143 e. The molecule has 0 bridgehead atoms. The summed E-state index contributed by atoms with van der Waals surface area (Å²) in [6.45, 7) is 0. The fourth-order valence-electron chi connectivity index (χ4n) is 9.81. The number of rotatable bonds is 6. The van der Waals surface area contributed by atoms with Gasteiger partial charge in [-0.1, -0.05) is 133 Å². The fraction of sp³-hybridized carbons (Fsp3) is 0. The van der Waals surface area contributed by atoms with Crippen LogP contribution in [0.25, 0.3) is 103 Å². The van der Waals surface area contributed by atoms with E-state index in [4.69, 9.17) is 4.42 Å². The number of hydrogen-bond acceptors (Lipinski definition) is 3. The molecular weight excluding hydrogens is 773 g/mol. The van der Waals surface area contributed by atoms with Gasteiger partial charge in [0.15, 0.2) is 0 Å². The third kappa shape index (κ3) is 5.37. The van der Waals surface area contributed by atoms with Crippen molar-refractivity contribution in [2.24, 2.45) is 0 Å². The van der Waals surface area contributed by atoms with Crippen molar-refractivity contribution >= 4 is 103 Å². The normalized spacial score (nSPS) is 11.9. The molecule has 0 N–H and O–H groups in total. The van der Waals surface area contributed by atoms with E-state index in [2.05, 4.69) is 228 Å². The van der Waals surface area contributed by atoms with Crippen molar-refractivity contribution in [2.45, 2.75) is 0 Å². The van der Waals surface area contributed by atoms with Gasteiger partial charge in [0.05, 0.1) is 22.1 Å². The Balaban J connectivity index is 1.03. The summed E-state index contributed by atoms with van der Waals surface area (Å²) in [4.78, 5) is 2.42. The van der Waals surface area contributed by atoms with Crippen molar-refractivity contribution < 1.29 is 4.42 Å². The van der Waals surface area contributed by atoms with Crippen LogP contribution < -0.4 is 4.90 Å². The molecule has 0 saturated carbocycles. The third-order valence-corrected chi connectivity index (χ3v) is 13.7. The zero-order valence-electron chi connectivity index (χ0n) is 33.5. The highest BCUT2D eigenvalue weighted by Gasteiger charge is 2.22. The molecule has 0 fully saturated rings. The number of benzene rings is 10. The topological polar surface area (TPSA) is 21.3 Å². The summed E-state index contributed by atoms with van der Waals surface area (Å²) < 4.78 is 11.7. The van der Waals surface area contributed by atoms with Crippen LogP contribution in [0.4, 0.5) is 17.1 Å². The lowest BCUT2D eigenvalue weighted by atomic mass is 9.98. The lowest BCUT2D eigenvalue weighted by Gasteiger charge is -2.27. The first-order valence-corrected chi connectivity index (χ1v) is 21.9. The number of anilines is 3. The van der Waals surface area contributed by atoms with Gasteiger partial charge in [-0.15, -0.1) is 11.3 Å². The average molecular weight is 809 g/mol. The molecule has 0 aliphatic heterocycles. The minimum absolute atomic E-state index is 0.862. The Kier molecular flexibility index (Phi) is 7.78. The minimum Gasteiger partial charge on any atom is -0.455 e. The number of hydrogen-bond donors (Lipinski definition) is 0. The van der Waals surface area contributed by atoms with Gasteiger partial charge < -0.3 is 13.9 Å². The Hall–Kier alpha value is -7.92. The van der Waals surface area contributed by atoms with Crippen molar-refractivity contribution in [3.05, 3.63) is 218 Å². The zero-order chi connectivity index (χ0) is 40.7. The Labute approximate surface area is 361 Å². The predicted octanol–water partition coefficient (Wildman–Crippen LogP) is 17.0. The van der Waals surface area contributed by atoms with Crippen LogP contribution in [0.3, 0.4) is 0 Å². The van der Waals surface area contributed by atoms with E-state index in [1.807, 2.05) is 11.3 Å². The average Bonchev–Trinajstić information content (AvgIpc) is 4.02. The van der Waals surface area contributed by atoms with Crippen LogP contribution in [0.5, 0.6) is 0 Å². The standard InChI is InChI=1S/C58H36N2OS/c1-2-17-41(18-3-1)60-50-25-8-6-22-46(50)49-36-39(31-33-51(49)60)38-15-10-19-42(34-38)59(52-26-13-27-53-57(52)48-32-30-37-14-4-5-21-45(37)58(48)61-53)43-20-11-16-40(35-43)44-24-12-29-55-56(44)47-23-7-9-28-54(47)62-55/h1-36H. The summed E-state index contributed by atoms with van der Waals surface area (Å²) in [6, 6.07) is 79.2. The summed E-state index contributed by atoms with van der Waals surface area (Å²) in [6.07, 6.45) is 0. The van der Waals surface area contributed by atoms with E-state index in [9.17, 15) is 0 Å². The molecule has 13 rings (SSSR count). The van der Waals surface area contributed by atoms with Gasteiger partial charge in [-0.05, 0) is 113 Å². The monoisotopic (exact) mass is 808 g/mol. The summed E-state index contributed by atoms with van der Waals surface area (Å²) in [5.41, 5.74) is 13.2. The van der Waals surface area contributed by atoms with Gasteiger partial charge in [-0.25, -0.2) is 0 Å². The maximum absolute atomic E-state index is 6.78. The maximum atomic E-state index is 6.78. The van der Waals surface area contributed by atoms with Gasteiger partial charge in [0.2, 0.25) is 0 Å². The number of fused-ring (bicyclic) bond motifs is 11. The second-order valence-electron chi connectivity index (χ2n) is 16.0. The maximum Gasteiger partial charge on any atom is 0.143 e. The first-order chi connectivity index (χ1) is 30.7. The van der Waals surface area contributed by atoms with E-state index >= 15 is 0 Å². The quantitative estimate of drug-likeness (QED) is 0.167. The van der Waals surface area contributed by atoms with Gasteiger partial charge >= 0.3 is 0 Å². The molecule has 0 unspecified atom stereocenters. The van der Waals surface area contributed by atoms with E-state index in [-0.39, 0.29) is 0 Å². The van der Waals surface area contributed by atoms with Crippen LogP contribution in [-0.4, -0.2) is 4.57 Å². The van der Waals surface area contributed by atoms with Gasteiger partial charge in [0, 0.05) is 58.8 Å². The van der Waals surface area contributed by atoms with Crippen molar-refractivity contribution in [3.8, 4) is 27.9 Å². The molecule has 62 heavy (non-hydrogen) atoms. The summed E-state index contributed by atoms with van der Waals surface area (Å²) in [7, 11) is 0. The van der Waals surface area contributed by atoms with Crippen LogP contribution >= 0.6 is 11.3 Å². The molecule has 13 aromatic rings. The molecule has 0 spiro atoms. The summed E-state index contributed by atoms with van der Waals surface area (Å²) >= 11 is 1.86. The summed E-state index contributed by atoms with van der Waals surface area (Å²) in [5.74, 6) is 0. The molecule has 3 heterocycles. The predicted molar refractivity (Wildman–Crippen MR) is 264 cm³/mol. The molecule has 0 saturated heterocycles. The number of para-hydroxylation sites is 2. The fourth-order valence-corrected chi connectivity index (χ4v) is 10.9. The number of aromatic nitrogens is 1. The molecule has 0 atom stereocenters. The van der Waals surface area contributed by atoms with Crippen LogP contribution in [0.2, 0.25) is 0 Å². The highest BCUT2D eigenvalue weighted by molar-refractivity contribution is 7.25. The van der Waals surface area contributed by atoms with E-state index in [0.29, 0.717) is 0 Å². The first-order valence-electron chi connectivity index (χ1n) is 21.1. The van der Waals surface area contributed by atoms with E-state index in [0.717, 1.165) is 61.0 Å². The molecule has 4 heteroatoms. The molecule has 0 amide bonds. The van der Waals surface area contributed by atoms with Crippen LogP contribution in [-0.2, 0) is 0 Å². The Morgan fingerprint density at radius 3 is 1.97 bits per heavy atom. The van der Waals surface area contributed by atoms with Crippen molar-refractivity contribution in [3.63, 3.8) is 0 Å². The van der Waals surface area contributed by atoms with Crippen LogP contribution in [0.1, 0.15) is 0 Å². The molecular formula is C58H36N2OS. The number of nitrogens with zero attached hydrogens (tertiary/aromatic N) is 2. The van der Waals surface area contributed by atoms with Gasteiger partial charge in [0.25, 0.3) is 0 Å². The molecule has 0 aliphatic rings. The summed E-state index contributed by atoms with van der Waals surface area (Å²) in [5, 5.41) is 9.53. The van der Waals surface area contributed by atoms with Crippen molar-refractivity contribution in [1.82, 2.24) is 4.57 Å². The SMILES string of the molecule is c1ccc(-n2c3ccccc3c3cc(-c4cccc(N(c5cccc(-c6cccc7sc8ccccc8c67)c5)c5cccc6oc7c8ccccc8ccc7c56)c4)ccc32)cc1. The van der Waals surface area contributed by atoms with E-state index < -0.39 is 0 Å². The molecule has 3 aromatic heterocycles. The minimum atomic E-state index is 0.862. The van der Waals surface area contributed by atoms with E-state index in [1.165, 1.54) is 58.7 Å². The molecule has 290 valence electrons. The highest BCUT2D eigenvalue weighted by Crippen LogP contribution is 2.47. The lowest BCUT2D eigenvalue weighted by Crippen LogP contribution is -2.10. The van der Waals surface area contributed by atoms with Crippen LogP contribution in [0.15, 0.2) is 223 Å². The Morgan fingerprint density at radius 1 is 0.403 bits per heavy atom. The zero-order valence-corrected chi connectivity index (χ0v) is 34.3. The number of thiophene rings is 1. The van der Waals surface area contributed by atoms with Gasteiger partial charge in [0.1, 0.15) is 11.2 Å². The lowest BCUT2D eigenvalue weighted by molar-refractivity contribution is 0.672. The molecule has 0 radical (unpaired) electrons. The van der Waals surface area contributed by atoms with Crippen LogP contribution in [0, 0.1) is 0 Å². The van der Waals surface area contributed by atoms with E-state index in [1.54, 1.807) is 0 Å².